The molecule has 0 spiro atoms. The second kappa shape index (κ2) is 6.25. The van der Waals surface area contributed by atoms with E-state index in [1.807, 2.05) is 33.0 Å². The van der Waals surface area contributed by atoms with E-state index in [4.69, 9.17) is 0 Å². The number of piperidine rings is 1. The highest BCUT2D eigenvalue weighted by atomic mass is 15.2. The molecule has 6 nitrogen and oxygen atoms in total. The quantitative estimate of drug-likeness (QED) is 0.938. The van der Waals surface area contributed by atoms with Crippen LogP contribution in [0.1, 0.15) is 36.0 Å². The number of nitrogens with zero attached hydrogens (tertiary/aromatic N) is 5. The summed E-state index contributed by atoms with van der Waals surface area (Å²) in [6.45, 7) is 5.94. The first-order valence-corrected chi connectivity index (χ1v) is 7.72. The molecule has 1 saturated heterocycles. The molecule has 1 unspecified atom stereocenters. The maximum absolute atomic E-state index is 4.64. The van der Waals surface area contributed by atoms with Crippen molar-refractivity contribution in [1.29, 1.82) is 0 Å². The van der Waals surface area contributed by atoms with Crippen molar-refractivity contribution in [2.75, 3.05) is 30.4 Å². The van der Waals surface area contributed by atoms with E-state index >= 15 is 0 Å². The second-order valence-corrected chi connectivity index (χ2v) is 5.81. The van der Waals surface area contributed by atoms with Crippen molar-refractivity contribution in [3.63, 3.8) is 0 Å². The predicted octanol–water partition coefficient (Wildman–Crippen LogP) is 2.31. The number of aryl methyl sites for hydroxylation is 2. The fraction of sp³-hybridized carbons (Fsp3) is 0.500. The van der Waals surface area contributed by atoms with Gasteiger partial charge in [0.2, 0.25) is 0 Å². The van der Waals surface area contributed by atoms with Gasteiger partial charge in [-0.05, 0) is 26.7 Å². The zero-order valence-electron chi connectivity index (χ0n) is 13.4. The number of aromatic nitrogens is 4. The van der Waals surface area contributed by atoms with Gasteiger partial charge in [0.05, 0.1) is 0 Å². The largest absolute Gasteiger partial charge is 0.373 e. The Morgan fingerprint density at radius 2 is 2.00 bits per heavy atom. The van der Waals surface area contributed by atoms with Crippen LogP contribution in [0.15, 0.2) is 18.5 Å². The molecule has 116 valence electrons. The number of nitrogens with one attached hydrogen (secondary N) is 1. The topological polar surface area (TPSA) is 66.8 Å². The Kier molecular flexibility index (Phi) is 4.18. The lowest BCUT2D eigenvalue weighted by atomic mass is 9.97. The molecule has 0 aliphatic carbocycles. The van der Waals surface area contributed by atoms with Gasteiger partial charge >= 0.3 is 0 Å². The van der Waals surface area contributed by atoms with Crippen molar-refractivity contribution in [3.05, 3.63) is 35.7 Å². The Bertz CT molecular complexity index is 657. The van der Waals surface area contributed by atoms with Crippen LogP contribution in [0.25, 0.3) is 0 Å². The molecule has 1 aliphatic heterocycles. The Hall–Kier alpha value is -2.24. The molecular formula is C16H22N6. The van der Waals surface area contributed by atoms with Crippen LogP contribution in [0.2, 0.25) is 0 Å². The molecule has 0 bridgehead atoms. The fourth-order valence-corrected chi connectivity index (χ4v) is 2.91. The summed E-state index contributed by atoms with van der Waals surface area (Å²) in [6, 6.07) is 4.01. The van der Waals surface area contributed by atoms with Crippen LogP contribution >= 0.6 is 0 Å². The zero-order valence-corrected chi connectivity index (χ0v) is 13.4. The molecule has 6 heteroatoms. The SMILES string of the molecule is CNc1cc(C)nc(C2CCCN(c3cc(C)ncn3)C2)n1. The maximum atomic E-state index is 4.64. The molecule has 1 aliphatic rings. The number of rotatable bonds is 3. The third-order valence-corrected chi connectivity index (χ3v) is 4.03. The first-order chi connectivity index (χ1) is 10.7. The Balaban J connectivity index is 1.82. The summed E-state index contributed by atoms with van der Waals surface area (Å²) in [7, 11) is 1.89. The van der Waals surface area contributed by atoms with Crippen LogP contribution in [0.3, 0.4) is 0 Å². The lowest BCUT2D eigenvalue weighted by molar-refractivity contribution is 0.488. The Labute approximate surface area is 131 Å². The Morgan fingerprint density at radius 1 is 1.14 bits per heavy atom. The van der Waals surface area contributed by atoms with Crippen LogP contribution in [0, 0.1) is 13.8 Å². The molecule has 1 atom stereocenters. The van der Waals surface area contributed by atoms with Gasteiger partial charge < -0.3 is 10.2 Å². The maximum Gasteiger partial charge on any atom is 0.135 e. The van der Waals surface area contributed by atoms with Crippen molar-refractivity contribution in [3.8, 4) is 0 Å². The molecule has 1 N–H and O–H groups in total. The second-order valence-electron chi connectivity index (χ2n) is 5.81. The molecule has 2 aromatic rings. The minimum Gasteiger partial charge on any atom is -0.373 e. The summed E-state index contributed by atoms with van der Waals surface area (Å²) < 4.78 is 0. The van der Waals surface area contributed by atoms with Gasteiger partial charge in [0.15, 0.2) is 0 Å². The lowest BCUT2D eigenvalue weighted by Crippen LogP contribution is -2.35. The van der Waals surface area contributed by atoms with Crippen LogP contribution in [-0.4, -0.2) is 40.1 Å². The monoisotopic (exact) mass is 298 g/mol. The molecule has 0 radical (unpaired) electrons. The van der Waals surface area contributed by atoms with Crippen molar-refractivity contribution in [2.24, 2.45) is 0 Å². The summed E-state index contributed by atoms with van der Waals surface area (Å²) in [5.41, 5.74) is 2.00. The van der Waals surface area contributed by atoms with E-state index in [0.717, 1.165) is 54.8 Å². The molecule has 3 heterocycles. The van der Waals surface area contributed by atoms with E-state index in [0.29, 0.717) is 5.92 Å². The molecule has 0 amide bonds. The molecule has 3 rings (SSSR count). The van der Waals surface area contributed by atoms with E-state index in [2.05, 4.69) is 30.2 Å². The van der Waals surface area contributed by atoms with Crippen molar-refractivity contribution in [1.82, 2.24) is 19.9 Å². The third kappa shape index (κ3) is 3.16. The number of hydrogen-bond donors (Lipinski definition) is 1. The predicted molar refractivity (Wildman–Crippen MR) is 87.3 cm³/mol. The molecule has 0 aromatic carbocycles. The van der Waals surface area contributed by atoms with Gasteiger partial charge in [-0.25, -0.2) is 19.9 Å². The van der Waals surface area contributed by atoms with E-state index in [1.54, 1.807) is 6.33 Å². The van der Waals surface area contributed by atoms with Gasteiger partial charge in [-0.1, -0.05) is 0 Å². The number of anilines is 2. The molecule has 22 heavy (non-hydrogen) atoms. The van der Waals surface area contributed by atoms with Crippen LogP contribution in [0.4, 0.5) is 11.6 Å². The van der Waals surface area contributed by atoms with Gasteiger partial charge in [0.1, 0.15) is 23.8 Å². The van der Waals surface area contributed by atoms with Gasteiger partial charge in [-0.2, -0.15) is 0 Å². The minimum atomic E-state index is 0.344. The highest BCUT2D eigenvalue weighted by Crippen LogP contribution is 2.28. The van der Waals surface area contributed by atoms with Gasteiger partial charge in [-0.3, -0.25) is 0 Å². The van der Waals surface area contributed by atoms with Gasteiger partial charge in [-0.15, -0.1) is 0 Å². The minimum absolute atomic E-state index is 0.344. The van der Waals surface area contributed by atoms with Gasteiger partial charge in [0.25, 0.3) is 0 Å². The van der Waals surface area contributed by atoms with E-state index in [1.165, 1.54) is 0 Å². The van der Waals surface area contributed by atoms with Gasteiger partial charge in [0, 0.05) is 49.6 Å². The molecule has 0 saturated carbocycles. The molecular weight excluding hydrogens is 276 g/mol. The van der Waals surface area contributed by atoms with E-state index in [9.17, 15) is 0 Å². The molecule has 1 fully saturated rings. The highest BCUT2D eigenvalue weighted by molar-refractivity contribution is 5.40. The van der Waals surface area contributed by atoms with Crippen LogP contribution in [0.5, 0.6) is 0 Å². The van der Waals surface area contributed by atoms with Crippen LogP contribution < -0.4 is 10.2 Å². The third-order valence-electron chi connectivity index (χ3n) is 4.03. The zero-order chi connectivity index (χ0) is 15.5. The Morgan fingerprint density at radius 3 is 2.77 bits per heavy atom. The fourth-order valence-electron chi connectivity index (χ4n) is 2.91. The standard InChI is InChI=1S/C16H22N6/c1-11-8-15(19-10-18-11)22-6-4-5-13(9-22)16-20-12(2)7-14(17-3)21-16/h7-8,10,13H,4-6,9H2,1-3H3,(H,17,20,21). The first-order valence-electron chi connectivity index (χ1n) is 7.72. The van der Waals surface area contributed by atoms with Crippen molar-refractivity contribution < 1.29 is 0 Å². The summed E-state index contributed by atoms with van der Waals surface area (Å²) in [5.74, 6) is 3.16. The highest BCUT2D eigenvalue weighted by Gasteiger charge is 2.25. The van der Waals surface area contributed by atoms with E-state index in [-0.39, 0.29) is 0 Å². The lowest BCUT2D eigenvalue weighted by Gasteiger charge is -2.33. The summed E-state index contributed by atoms with van der Waals surface area (Å²) in [4.78, 5) is 20.2. The summed E-state index contributed by atoms with van der Waals surface area (Å²) >= 11 is 0. The average Bonchev–Trinajstić information content (AvgIpc) is 2.54. The normalized spacial score (nSPS) is 18.3. The average molecular weight is 298 g/mol. The smallest absolute Gasteiger partial charge is 0.135 e. The van der Waals surface area contributed by atoms with Crippen molar-refractivity contribution in [2.45, 2.75) is 32.6 Å². The number of hydrogen-bond acceptors (Lipinski definition) is 6. The first kappa shape index (κ1) is 14.7. The summed E-state index contributed by atoms with van der Waals surface area (Å²) in [6.07, 6.45) is 3.88. The van der Waals surface area contributed by atoms with E-state index < -0.39 is 0 Å². The molecule has 2 aromatic heterocycles. The van der Waals surface area contributed by atoms with Crippen molar-refractivity contribution >= 4 is 11.6 Å². The van der Waals surface area contributed by atoms with Crippen LogP contribution in [-0.2, 0) is 0 Å². The summed E-state index contributed by atoms with van der Waals surface area (Å²) in [5, 5.41) is 3.11.